The van der Waals surface area contributed by atoms with E-state index in [0.717, 1.165) is 32.5 Å². The van der Waals surface area contributed by atoms with Gasteiger partial charge in [0.1, 0.15) is 6.26 Å². The summed E-state index contributed by atoms with van der Waals surface area (Å²) in [5, 5.41) is 3.04. The fourth-order valence-corrected chi connectivity index (χ4v) is 2.06. The van der Waals surface area contributed by atoms with Gasteiger partial charge in [0.05, 0.1) is 11.8 Å². The highest BCUT2D eigenvalue weighted by atomic mass is 16.3. The van der Waals surface area contributed by atoms with Crippen LogP contribution in [0.5, 0.6) is 0 Å². The Hall–Kier alpha value is -1.29. The van der Waals surface area contributed by atoms with Crippen molar-refractivity contribution in [2.75, 3.05) is 19.6 Å². The molecule has 1 fully saturated rings. The predicted molar refractivity (Wildman–Crippen MR) is 61.3 cm³/mol. The minimum atomic E-state index is -0.0244. The first-order valence-electron chi connectivity index (χ1n) is 5.85. The maximum Gasteiger partial charge on any atom is 0.254 e. The SMILES string of the molecule is CCN1CCC(NC(=O)c2ccoc2)CC1. The van der Waals surface area contributed by atoms with Crippen LogP contribution < -0.4 is 5.32 Å². The first kappa shape index (κ1) is 11.2. The largest absolute Gasteiger partial charge is 0.472 e. The number of carbonyl (C=O) groups is 1. The molecule has 1 aromatic rings. The summed E-state index contributed by atoms with van der Waals surface area (Å²) < 4.78 is 4.89. The summed E-state index contributed by atoms with van der Waals surface area (Å²) in [5.41, 5.74) is 0.609. The van der Waals surface area contributed by atoms with E-state index in [-0.39, 0.29) is 5.91 Å². The van der Waals surface area contributed by atoms with E-state index in [9.17, 15) is 4.79 Å². The number of likely N-dealkylation sites (tertiary alicyclic amines) is 1. The zero-order valence-corrected chi connectivity index (χ0v) is 9.61. The number of hydrogen-bond acceptors (Lipinski definition) is 3. The van der Waals surface area contributed by atoms with E-state index in [1.807, 2.05) is 0 Å². The molecule has 0 spiro atoms. The molecule has 4 nitrogen and oxygen atoms in total. The Morgan fingerprint density at radius 3 is 2.88 bits per heavy atom. The Kier molecular flexibility index (Phi) is 3.62. The van der Waals surface area contributed by atoms with Gasteiger partial charge in [0.2, 0.25) is 0 Å². The molecule has 1 N–H and O–H groups in total. The van der Waals surface area contributed by atoms with Crippen LogP contribution >= 0.6 is 0 Å². The normalized spacial score (nSPS) is 18.6. The molecule has 16 heavy (non-hydrogen) atoms. The van der Waals surface area contributed by atoms with Gasteiger partial charge in [0.25, 0.3) is 5.91 Å². The van der Waals surface area contributed by atoms with Gasteiger partial charge in [-0.2, -0.15) is 0 Å². The Balaban J connectivity index is 1.81. The predicted octanol–water partition coefficient (Wildman–Crippen LogP) is 1.49. The molecule has 1 aliphatic rings. The fraction of sp³-hybridized carbons (Fsp3) is 0.583. The zero-order valence-electron chi connectivity index (χ0n) is 9.61. The van der Waals surface area contributed by atoms with Crippen molar-refractivity contribution in [3.05, 3.63) is 24.2 Å². The summed E-state index contributed by atoms with van der Waals surface area (Å²) >= 11 is 0. The number of amides is 1. The summed E-state index contributed by atoms with van der Waals surface area (Å²) in [7, 11) is 0. The highest BCUT2D eigenvalue weighted by Crippen LogP contribution is 2.10. The molecule has 0 atom stereocenters. The van der Waals surface area contributed by atoms with Crippen LogP contribution in [0.4, 0.5) is 0 Å². The number of furan rings is 1. The topological polar surface area (TPSA) is 45.5 Å². The molecular weight excluding hydrogens is 204 g/mol. The molecule has 1 saturated heterocycles. The number of nitrogens with zero attached hydrogens (tertiary/aromatic N) is 1. The summed E-state index contributed by atoms with van der Waals surface area (Å²) in [4.78, 5) is 14.1. The third-order valence-electron chi connectivity index (χ3n) is 3.15. The Bertz CT molecular complexity index is 327. The van der Waals surface area contributed by atoms with Gasteiger partial charge in [-0.3, -0.25) is 4.79 Å². The molecule has 2 heterocycles. The van der Waals surface area contributed by atoms with Gasteiger partial charge >= 0.3 is 0 Å². The lowest BCUT2D eigenvalue weighted by atomic mass is 10.0. The average Bonchev–Trinajstić information content (AvgIpc) is 2.83. The number of piperidine rings is 1. The fourth-order valence-electron chi connectivity index (χ4n) is 2.06. The molecule has 4 heteroatoms. The van der Waals surface area contributed by atoms with Crippen molar-refractivity contribution in [3.8, 4) is 0 Å². The molecule has 88 valence electrons. The molecule has 2 rings (SSSR count). The molecule has 0 saturated carbocycles. The van der Waals surface area contributed by atoms with Gasteiger partial charge < -0.3 is 14.6 Å². The molecule has 0 aromatic carbocycles. The van der Waals surface area contributed by atoms with E-state index in [4.69, 9.17) is 4.42 Å². The molecular formula is C12H18N2O2. The van der Waals surface area contributed by atoms with Crippen molar-refractivity contribution in [2.24, 2.45) is 0 Å². The van der Waals surface area contributed by atoms with Gasteiger partial charge in [-0.05, 0) is 25.5 Å². The highest BCUT2D eigenvalue weighted by Gasteiger charge is 2.20. The lowest BCUT2D eigenvalue weighted by Crippen LogP contribution is -2.44. The van der Waals surface area contributed by atoms with Crippen LogP contribution in [0.15, 0.2) is 23.0 Å². The monoisotopic (exact) mass is 222 g/mol. The van der Waals surface area contributed by atoms with Crippen molar-refractivity contribution in [1.82, 2.24) is 10.2 Å². The van der Waals surface area contributed by atoms with Gasteiger partial charge in [0.15, 0.2) is 0 Å². The number of nitrogens with one attached hydrogen (secondary N) is 1. The molecule has 1 aromatic heterocycles. The van der Waals surface area contributed by atoms with Gasteiger partial charge in [-0.25, -0.2) is 0 Å². The first-order chi connectivity index (χ1) is 7.79. The Morgan fingerprint density at radius 2 is 2.31 bits per heavy atom. The summed E-state index contributed by atoms with van der Waals surface area (Å²) in [6, 6.07) is 2.00. The quantitative estimate of drug-likeness (QED) is 0.842. The van der Waals surface area contributed by atoms with Gasteiger partial charge in [-0.1, -0.05) is 6.92 Å². The number of carbonyl (C=O) groups excluding carboxylic acids is 1. The molecule has 0 bridgehead atoms. The second-order valence-electron chi connectivity index (χ2n) is 4.19. The smallest absolute Gasteiger partial charge is 0.254 e. The third kappa shape index (κ3) is 2.64. The summed E-state index contributed by atoms with van der Waals surface area (Å²) in [5.74, 6) is -0.0244. The molecule has 0 aliphatic carbocycles. The van der Waals surface area contributed by atoms with Crippen molar-refractivity contribution < 1.29 is 9.21 Å². The lowest BCUT2D eigenvalue weighted by Gasteiger charge is -2.31. The van der Waals surface area contributed by atoms with Crippen LogP contribution in [0.25, 0.3) is 0 Å². The number of hydrogen-bond donors (Lipinski definition) is 1. The van der Waals surface area contributed by atoms with Gasteiger partial charge in [-0.15, -0.1) is 0 Å². The van der Waals surface area contributed by atoms with E-state index in [0.29, 0.717) is 11.6 Å². The van der Waals surface area contributed by atoms with Crippen LogP contribution in [0.2, 0.25) is 0 Å². The van der Waals surface area contributed by atoms with Crippen LogP contribution in [0, 0.1) is 0 Å². The van der Waals surface area contributed by atoms with E-state index in [1.165, 1.54) is 12.5 Å². The van der Waals surface area contributed by atoms with Crippen molar-refractivity contribution in [2.45, 2.75) is 25.8 Å². The van der Waals surface area contributed by atoms with Crippen LogP contribution in [-0.2, 0) is 0 Å². The van der Waals surface area contributed by atoms with E-state index in [2.05, 4.69) is 17.1 Å². The van der Waals surface area contributed by atoms with Crippen molar-refractivity contribution in [1.29, 1.82) is 0 Å². The van der Waals surface area contributed by atoms with E-state index >= 15 is 0 Å². The Morgan fingerprint density at radius 1 is 1.56 bits per heavy atom. The summed E-state index contributed by atoms with van der Waals surface area (Å²) in [6.07, 6.45) is 5.08. The average molecular weight is 222 g/mol. The second kappa shape index (κ2) is 5.16. The maximum atomic E-state index is 11.7. The second-order valence-corrected chi connectivity index (χ2v) is 4.19. The Labute approximate surface area is 95.6 Å². The maximum absolute atomic E-state index is 11.7. The summed E-state index contributed by atoms with van der Waals surface area (Å²) in [6.45, 7) is 5.42. The van der Waals surface area contributed by atoms with Crippen molar-refractivity contribution >= 4 is 5.91 Å². The molecule has 1 amide bonds. The van der Waals surface area contributed by atoms with Crippen LogP contribution in [-0.4, -0.2) is 36.5 Å². The zero-order chi connectivity index (χ0) is 11.4. The minimum absolute atomic E-state index is 0.0244. The highest BCUT2D eigenvalue weighted by molar-refractivity contribution is 5.93. The number of rotatable bonds is 3. The lowest BCUT2D eigenvalue weighted by molar-refractivity contribution is 0.0912. The van der Waals surface area contributed by atoms with E-state index < -0.39 is 0 Å². The standard InChI is InChI=1S/C12H18N2O2/c1-2-14-6-3-11(4-7-14)13-12(15)10-5-8-16-9-10/h5,8-9,11H,2-4,6-7H2,1H3,(H,13,15). The van der Waals surface area contributed by atoms with Crippen LogP contribution in [0.1, 0.15) is 30.1 Å². The van der Waals surface area contributed by atoms with Gasteiger partial charge in [0, 0.05) is 19.1 Å². The minimum Gasteiger partial charge on any atom is -0.472 e. The first-order valence-corrected chi connectivity index (χ1v) is 5.85. The third-order valence-corrected chi connectivity index (χ3v) is 3.15. The molecule has 0 radical (unpaired) electrons. The molecule has 1 aliphatic heterocycles. The van der Waals surface area contributed by atoms with Crippen LogP contribution in [0.3, 0.4) is 0 Å². The van der Waals surface area contributed by atoms with Crippen molar-refractivity contribution in [3.63, 3.8) is 0 Å². The molecule has 0 unspecified atom stereocenters. The van der Waals surface area contributed by atoms with E-state index in [1.54, 1.807) is 6.07 Å².